The van der Waals surface area contributed by atoms with Gasteiger partial charge >= 0.3 is 5.97 Å². The van der Waals surface area contributed by atoms with Crippen LogP contribution in [0.3, 0.4) is 0 Å². The topological polar surface area (TPSA) is 65.3 Å². The average molecular weight is 181 g/mol. The van der Waals surface area contributed by atoms with E-state index in [1.54, 1.807) is 5.01 Å². The zero-order valence-corrected chi connectivity index (χ0v) is 7.40. The van der Waals surface area contributed by atoms with Crippen LogP contribution in [0.2, 0.25) is 0 Å². The zero-order chi connectivity index (χ0) is 9.42. The molecular formula is C8H11N3O2. The Morgan fingerprint density at radius 3 is 3.15 bits per heavy atom. The molecule has 0 saturated heterocycles. The van der Waals surface area contributed by atoms with Crippen LogP contribution in [0.4, 0.5) is 0 Å². The molecule has 1 unspecified atom stereocenters. The van der Waals surface area contributed by atoms with Crippen LogP contribution in [-0.2, 0) is 4.79 Å². The Morgan fingerprint density at radius 2 is 2.46 bits per heavy atom. The minimum atomic E-state index is -0.928. The molecule has 0 spiro atoms. The molecule has 0 aliphatic carbocycles. The molecule has 5 heteroatoms. The SMILES string of the molecule is CC1=NC2CC(C(=O)O)=NN2CC1. The van der Waals surface area contributed by atoms with Crippen molar-refractivity contribution in [3.63, 3.8) is 0 Å². The van der Waals surface area contributed by atoms with E-state index < -0.39 is 5.97 Å². The highest BCUT2D eigenvalue weighted by atomic mass is 16.4. The molecular weight excluding hydrogens is 170 g/mol. The van der Waals surface area contributed by atoms with Crippen molar-refractivity contribution in [2.75, 3.05) is 6.54 Å². The van der Waals surface area contributed by atoms with E-state index in [0.717, 1.165) is 18.7 Å². The number of carboxylic acid groups (broad SMARTS) is 1. The van der Waals surface area contributed by atoms with E-state index in [4.69, 9.17) is 5.11 Å². The molecule has 0 saturated carbocycles. The van der Waals surface area contributed by atoms with Gasteiger partial charge in [0.25, 0.3) is 0 Å². The number of hydrogen-bond acceptors (Lipinski definition) is 4. The van der Waals surface area contributed by atoms with Crippen LogP contribution in [0, 0.1) is 0 Å². The Hall–Kier alpha value is -1.39. The number of carboxylic acids is 1. The summed E-state index contributed by atoms with van der Waals surface area (Å²) in [6, 6.07) is 0. The number of hydrogen-bond donors (Lipinski definition) is 1. The van der Waals surface area contributed by atoms with Gasteiger partial charge in [0.15, 0.2) is 0 Å². The zero-order valence-electron chi connectivity index (χ0n) is 7.40. The van der Waals surface area contributed by atoms with Crippen molar-refractivity contribution in [2.24, 2.45) is 10.1 Å². The highest BCUT2D eigenvalue weighted by Gasteiger charge is 2.31. The van der Waals surface area contributed by atoms with Gasteiger partial charge in [-0.05, 0) is 6.92 Å². The number of aliphatic imine (C=N–C) groups is 1. The highest BCUT2D eigenvalue weighted by molar-refractivity contribution is 6.36. The molecule has 0 aromatic heterocycles. The Kier molecular flexibility index (Phi) is 1.79. The van der Waals surface area contributed by atoms with Gasteiger partial charge in [-0.25, -0.2) is 4.79 Å². The summed E-state index contributed by atoms with van der Waals surface area (Å²) >= 11 is 0. The van der Waals surface area contributed by atoms with Crippen LogP contribution < -0.4 is 0 Å². The molecule has 2 aliphatic rings. The molecule has 70 valence electrons. The lowest BCUT2D eigenvalue weighted by Gasteiger charge is -2.25. The molecule has 0 radical (unpaired) electrons. The largest absolute Gasteiger partial charge is 0.477 e. The molecule has 0 bridgehead atoms. The van der Waals surface area contributed by atoms with Crippen molar-refractivity contribution in [2.45, 2.75) is 25.9 Å². The molecule has 5 nitrogen and oxygen atoms in total. The van der Waals surface area contributed by atoms with Gasteiger partial charge in [-0.3, -0.25) is 10.0 Å². The lowest BCUT2D eigenvalue weighted by Crippen LogP contribution is -2.32. The van der Waals surface area contributed by atoms with E-state index >= 15 is 0 Å². The smallest absolute Gasteiger partial charge is 0.352 e. The van der Waals surface area contributed by atoms with E-state index in [-0.39, 0.29) is 11.9 Å². The predicted molar refractivity (Wildman–Crippen MR) is 47.9 cm³/mol. The predicted octanol–water partition coefficient (Wildman–Crippen LogP) is 0.323. The van der Waals surface area contributed by atoms with Crippen LogP contribution in [0.25, 0.3) is 0 Å². The van der Waals surface area contributed by atoms with Crippen molar-refractivity contribution in [1.29, 1.82) is 0 Å². The summed E-state index contributed by atoms with van der Waals surface area (Å²) in [5, 5.41) is 14.5. The fourth-order valence-electron chi connectivity index (χ4n) is 1.58. The van der Waals surface area contributed by atoms with E-state index in [1.165, 1.54) is 0 Å². The minimum absolute atomic E-state index is 0.0557. The van der Waals surface area contributed by atoms with Gasteiger partial charge in [-0.2, -0.15) is 5.10 Å². The van der Waals surface area contributed by atoms with Crippen molar-refractivity contribution in [1.82, 2.24) is 5.01 Å². The summed E-state index contributed by atoms with van der Waals surface area (Å²) in [5.41, 5.74) is 1.31. The lowest BCUT2D eigenvalue weighted by atomic mass is 10.2. The second-order valence-electron chi connectivity index (χ2n) is 3.31. The first-order valence-electron chi connectivity index (χ1n) is 4.27. The normalized spacial score (nSPS) is 26.5. The molecule has 0 fully saturated rings. The Balaban J connectivity index is 2.17. The van der Waals surface area contributed by atoms with E-state index in [0.29, 0.717) is 6.42 Å². The maximum atomic E-state index is 10.6. The molecule has 2 heterocycles. The summed E-state index contributed by atoms with van der Waals surface area (Å²) in [6.45, 7) is 2.76. The van der Waals surface area contributed by atoms with Gasteiger partial charge in [-0.15, -0.1) is 0 Å². The summed E-state index contributed by atoms with van der Waals surface area (Å²) in [5.74, 6) is -0.928. The van der Waals surface area contributed by atoms with Gasteiger partial charge in [0.05, 0.1) is 0 Å². The maximum absolute atomic E-state index is 10.6. The number of hydrazone groups is 1. The summed E-state index contributed by atoms with van der Waals surface area (Å²) in [4.78, 5) is 15.0. The van der Waals surface area contributed by atoms with Crippen LogP contribution in [0.5, 0.6) is 0 Å². The number of aliphatic carboxylic acids is 1. The van der Waals surface area contributed by atoms with Gasteiger partial charge in [0.2, 0.25) is 0 Å². The number of carbonyl (C=O) groups is 1. The molecule has 1 atom stereocenters. The quantitative estimate of drug-likeness (QED) is 0.633. The van der Waals surface area contributed by atoms with Gasteiger partial charge in [0.1, 0.15) is 11.9 Å². The number of fused-ring (bicyclic) bond motifs is 1. The van der Waals surface area contributed by atoms with Crippen molar-refractivity contribution in [3.05, 3.63) is 0 Å². The van der Waals surface area contributed by atoms with Crippen LogP contribution in [0.1, 0.15) is 19.8 Å². The first kappa shape index (κ1) is 8.22. The fraction of sp³-hybridized carbons (Fsp3) is 0.625. The molecule has 1 N–H and O–H groups in total. The van der Waals surface area contributed by atoms with Crippen LogP contribution >= 0.6 is 0 Å². The molecule has 0 aromatic rings. The second-order valence-corrected chi connectivity index (χ2v) is 3.31. The third kappa shape index (κ3) is 1.41. The van der Waals surface area contributed by atoms with Crippen LogP contribution in [-0.4, -0.2) is 40.2 Å². The lowest BCUT2D eigenvalue weighted by molar-refractivity contribution is -0.129. The maximum Gasteiger partial charge on any atom is 0.352 e. The molecule has 13 heavy (non-hydrogen) atoms. The van der Waals surface area contributed by atoms with Crippen molar-refractivity contribution < 1.29 is 9.90 Å². The molecule has 2 aliphatic heterocycles. The summed E-state index contributed by atoms with van der Waals surface area (Å²) in [6.07, 6.45) is 1.26. The molecule has 0 amide bonds. The van der Waals surface area contributed by atoms with E-state index in [1.807, 2.05) is 6.92 Å². The van der Waals surface area contributed by atoms with Crippen molar-refractivity contribution in [3.8, 4) is 0 Å². The summed E-state index contributed by atoms with van der Waals surface area (Å²) < 4.78 is 0. The third-order valence-electron chi connectivity index (χ3n) is 2.29. The third-order valence-corrected chi connectivity index (χ3v) is 2.29. The minimum Gasteiger partial charge on any atom is -0.477 e. The Bertz CT molecular complexity index is 309. The second kappa shape index (κ2) is 2.83. The Labute approximate surface area is 75.8 Å². The van der Waals surface area contributed by atoms with Gasteiger partial charge in [-0.1, -0.05) is 0 Å². The number of rotatable bonds is 1. The fourth-order valence-corrected chi connectivity index (χ4v) is 1.58. The summed E-state index contributed by atoms with van der Waals surface area (Å²) in [7, 11) is 0. The standard InChI is InChI=1S/C8H11N3O2/c1-5-2-3-11-7(9-5)4-6(10-11)8(12)13/h7H,2-4H2,1H3,(H,12,13). The number of nitrogens with zero attached hydrogens (tertiary/aromatic N) is 3. The van der Waals surface area contributed by atoms with E-state index in [9.17, 15) is 4.79 Å². The van der Waals surface area contributed by atoms with Crippen LogP contribution in [0.15, 0.2) is 10.1 Å². The van der Waals surface area contributed by atoms with Crippen molar-refractivity contribution >= 4 is 17.4 Å². The molecule has 2 rings (SSSR count). The Morgan fingerprint density at radius 1 is 1.69 bits per heavy atom. The van der Waals surface area contributed by atoms with Gasteiger partial charge in [0, 0.05) is 25.1 Å². The van der Waals surface area contributed by atoms with E-state index in [2.05, 4.69) is 10.1 Å². The van der Waals surface area contributed by atoms with Gasteiger partial charge < -0.3 is 5.11 Å². The molecule has 0 aromatic carbocycles. The first-order chi connectivity index (χ1) is 6.16. The first-order valence-corrected chi connectivity index (χ1v) is 4.27. The highest BCUT2D eigenvalue weighted by Crippen LogP contribution is 2.21. The average Bonchev–Trinajstić information content (AvgIpc) is 2.46. The monoisotopic (exact) mass is 181 g/mol.